The smallest absolute Gasteiger partial charge is 0.164 e. The summed E-state index contributed by atoms with van der Waals surface area (Å²) in [5.74, 6) is 1.96. The predicted octanol–water partition coefficient (Wildman–Crippen LogP) is 13.1. The lowest BCUT2D eigenvalue weighted by molar-refractivity contribution is 0.353. The van der Waals surface area contributed by atoms with E-state index in [4.69, 9.17) is 15.0 Å². The minimum absolute atomic E-state index is 0.136. The van der Waals surface area contributed by atoms with Gasteiger partial charge in [0, 0.05) is 22.1 Å². The minimum atomic E-state index is 0.136. The standard InChI is InChI=1S/C51H39N3/c1-4-16-35(17-5-1)37-20-13-24-41(33-37)49-52-48(36-18-6-2-7-19-36)53-50(54-49)42-25-14-22-39(34-42)38-21-12-23-40(32-38)43-27-15-29-46-47(43)44-26-8-9-28-45(44)51(46)30-10-3-11-31-51/h1-2,4-9,12-29,32-34H,3,10-11,30-31H2. The summed E-state index contributed by atoms with van der Waals surface area (Å²) in [6, 6.07) is 62.9. The highest BCUT2D eigenvalue weighted by Crippen LogP contribution is 2.57. The number of fused-ring (bicyclic) bond motifs is 5. The third-order valence-corrected chi connectivity index (χ3v) is 11.5. The molecule has 1 saturated carbocycles. The molecule has 0 amide bonds. The van der Waals surface area contributed by atoms with Gasteiger partial charge >= 0.3 is 0 Å². The Balaban J connectivity index is 1.06. The molecule has 0 unspecified atom stereocenters. The van der Waals surface area contributed by atoms with Crippen LogP contribution >= 0.6 is 0 Å². The van der Waals surface area contributed by atoms with Crippen LogP contribution in [-0.4, -0.2) is 15.0 Å². The zero-order valence-electron chi connectivity index (χ0n) is 30.1. The van der Waals surface area contributed by atoms with Crippen molar-refractivity contribution in [2.75, 3.05) is 0 Å². The summed E-state index contributed by atoms with van der Waals surface area (Å²) in [7, 11) is 0. The van der Waals surface area contributed by atoms with E-state index in [-0.39, 0.29) is 5.41 Å². The van der Waals surface area contributed by atoms with Crippen molar-refractivity contribution in [1.29, 1.82) is 0 Å². The van der Waals surface area contributed by atoms with Crippen LogP contribution in [0.5, 0.6) is 0 Å². The maximum absolute atomic E-state index is 5.11. The number of rotatable bonds is 6. The molecule has 7 aromatic carbocycles. The fraction of sp³-hybridized carbons (Fsp3) is 0.118. The van der Waals surface area contributed by atoms with E-state index in [1.54, 1.807) is 0 Å². The number of aromatic nitrogens is 3. The second kappa shape index (κ2) is 13.5. The Bertz CT molecular complexity index is 2640. The first-order chi connectivity index (χ1) is 26.7. The summed E-state index contributed by atoms with van der Waals surface area (Å²) in [6.07, 6.45) is 6.38. The Morgan fingerprint density at radius 3 is 1.39 bits per heavy atom. The maximum atomic E-state index is 5.11. The molecule has 0 atom stereocenters. The van der Waals surface area contributed by atoms with E-state index in [1.807, 2.05) is 24.3 Å². The van der Waals surface area contributed by atoms with Crippen LogP contribution < -0.4 is 0 Å². The molecule has 0 saturated heterocycles. The molecule has 1 aromatic heterocycles. The van der Waals surface area contributed by atoms with Crippen LogP contribution in [0.25, 0.3) is 78.7 Å². The Hall–Kier alpha value is -6.45. The molecular weight excluding hydrogens is 655 g/mol. The van der Waals surface area contributed by atoms with E-state index in [0.717, 1.165) is 33.4 Å². The van der Waals surface area contributed by atoms with Gasteiger partial charge in [0.1, 0.15) is 0 Å². The first kappa shape index (κ1) is 32.2. The molecule has 0 bridgehead atoms. The molecule has 8 aromatic rings. The van der Waals surface area contributed by atoms with Crippen molar-refractivity contribution in [3.8, 4) is 78.7 Å². The van der Waals surface area contributed by atoms with Crippen molar-refractivity contribution in [3.05, 3.63) is 187 Å². The van der Waals surface area contributed by atoms with Crippen LogP contribution in [0.4, 0.5) is 0 Å². The zero-order valence-corrected chi connectivity index (χ0v) is 30.1. The van der Waals surface area contributed by atoms with Gasteiger partial charge in [0.25, 0.3) is 0 Å². The van der Waals surface area contributed by atoms with Crippen molar-refractivity contribution >= 4 is 0 Å². The third-order valence-electron chi connectivity index (χ3n) is 11.5. The van der Waals surface area contributed by atoms with E-state index in [9.17, 15) is 0 Å². The van der Waals surface area contributed by atoms with Crippen molar-refractivity contribution in [1.82, 2.24) is 15.0 Å². The van der Waals surface area contributed by atoms with Gasteiger partial charge in [-0.05, 0) is 86.7 Å². The summed E-state index contributed by atoms with van der Waals surface area (Å²) >= 11 is 0. The van der Waals surface area contributed by atoms with Crippen molar-refractivity contribution in [2.45, 2.75) is 37.5 Å². The average Bonchev–Trinajstić information content (AvgIpc) is 3.53. The van der Waals surface area contributed by atoms with E-state index < -0.39 is 0 Å². The summed E-state index contributed by atoms with van der Waals surface area (Å²) < 4.78 is 0. The number of nitrogens with zero attached hydrogens (tertiary/aromatic N) is 3. The number of benzene rings is 7. The van der Waals surface area contributed by atoms with Gasteiger partial charge in [0.15, 0.2) is 17.5 Å². The van der Waals surface area contributed by atoms with Gasteiger partial charge in [-0.1, -0.05) is 177 Å². The Labute approximate surface area is 317 Å². The molecule has 3 nitrogen and oxygen atoms in total. The second-order valence-corrected chi connectivity index (χ2v) is 14.7. The third kappa shape index (κ3) is 5.64. The Morgan fingerprint density at radius 1 is 0.315 bits per heavy atom. The molecule has 258 valence electrons. The van der Waals surface area contributed by atoms with Crippen LogP contribution in [0.2, 0.25) is 0 Å². The molecule has 10 rings (SSSR count). The molecule has 0 radical (unpaired) electrons. The first-order valence-corrected chi connectivity index (χ1v) is 19.2. The lowest BCUT2D eigenvalue weighted by Crippen LogP contribution is -2.27. The summed E-state index contributed by atoms with van der Waals surface area (Å²) in [5, 5.41) is 0. The number of hydrogen-bond donors (Lipinski definition) is 0. The van der Waals surface area contributed by atoms with Gasteiger partial charge in [-0.3, -0.25) is 0 Å². The van der Waals surface area contributed by atoms with Gasteiger partial charge in [-0.25, -0.2) is 15.0 Å². The monoisotopic (exact) mass is 693 g/mol. The van der Waals surface area contributed by atoms with E-state index in [2.05, 4.69) is 152 Å². The summed E-state index contributed by atoms with van der Waals surface area (Å²) in [4.78, 5) is 15.2. The molecular formula is C51H39N3. The highest BCUT2D eigenvalue weighted by Gasteiger charge is 2.44. The quantitative estimate of drug-likeness (QED) is 0.174. The predicted molar refractivity (Wildman–Crippen MR) is 222 cm³/mol. The zero-order chi connectivity index (χ0) is 35.9. The van der Waals surface area contributed by atoms with E-state index >= 15 is 0 Å². The molecule has 54 heavy (non-hydrogen) atoms. The van der Waals surface area contributed by atoms with Crippen LogP contribution in [0.3, 0.4) is 0 Å². The molecule has 2 aliphatic rings. The largest absolute Gasteiger partial charge is 0.208 e. The SMILES string of the molecule is c1ccc(-c2cccc(-c3nc(-c4ccccc4)nc(-c4cccc(-c5cccc(-c6cccc7c6-c6ccccc6C76CCCCC6)c5)c4)n3)c2)cc1. The second-order valence-electron chi connectivity index (χ2n) is 14.7. The van der Waals surface area contributed by atoms with E-state index in [0.29, 0.717) is 17.5 Å². The molecule has 0 N–H and O–H groups in total. The van der Waals surface area contributed by atoms with Crippen molar-refractivity contribution in [3.63, 3.8) is 0 Å². The van der Waals surface area contributed by atoms with Crippen LogP contribution in [0.15, 0.2) is 176 Å². The fourth-order valence-corrected chi connectivity index (χ4v) is 8.96. The lowest BCUT2D eigenvalue weighted by Gasteiger charge is -2.36. The minimum Gasteiger partial charge on any atom is -0.208 e. The van der Waals surface area contributed by atoms with Crippen LogP contribution in [-0.2, 0) is 5.41 Å². The molecule has 1 heterocycles. The van der Waals surface area contributed by atoms with Gasteiger partial charge < -0.3 is 0 Å². The maximum Gasteiger partial charge on any atom is 0.164 e. The topological polar surface area (TPSA) is 38.7 Å². The first-order valence-electron chi connectivity index (χ1n) is 19.2. The molecule has 3 heteroatoms. The summed E-state index contributed by atoms with van der Waals surface area (Å²) in [5.41, 5.74) is 16.0. The molecule has 1 fully saturated rings. The Kier molecular flexibility index (Phi) is 8.06. The highest BCUT2D eigenvalue weighted by molar-refractivity contribution is 5.93. The van der Waals surface area contributed by atoms with Crippen LogP contribution in [0.1, 0.15) is 43.2 Å². The molecule has 2 aliphatic carbocycles. The normalized spacial score (nSPS) is 14.1. The number of hydrogen-bond acceptors (Lipinski definition) is 3. The molecule has 0 aliphatic heterocycles. The van der Waals surface area contributed by atoms with Gasteiger partial charge in [-0.15, -0.1) is 0 Å². The average molecular weight is 694 g/mol. The van der Waals surface area contributed by atoms with Crippen molar-refractivity contribution in [2.24, 2.45) is 0 Å². The van der Waals surface area contributed by atoms with E-state index in [1.165, 1.54) is 71.0 Å². The lowest BCUT2D eigenvalue weighted by atomic mass is 9.68. The highest BCUT2D eigenvalue weighted by atomic mass is 15.0. The fourth-order valence-electron chi connectivity index (χ4n) is 8.96. The summed E-state index contributed by atoms with van der Waals surface area (Å²) in [6.45, 7) is 0. The van der Waals surface area contributed by atoms with Crippen LogP contribution in [0, 0.1) is 0 Å². The van der Waals surface area contributed by atoms with Crippen molar-refractivity contribution < 1.29 is 0 Å². The van der Waals surface area contributed by atoms with Gasteiger partial charge in [-0.2, -0.15) is 0 Å². The molecule has 1 spiro atoms. The van der Waals surface area contributed by atoms with Gasteiger partial charge in [0.2, 0.25) is 0 Å². The Morgan fingerprint density at radius 2 is 0.741 bits per heavy atom. The van der Waals surface area contributed by atoms with Gasteiger partial charge in [0.05, 0.1) is 0 Å².